The van der Waals surface area contributed by atoms with Gasteiger partial charge in [-0.15, -0.1) is 0 Å². The second-order valence-corrected chi connectivity index (χ2v) is 6.05. The van der Waals surface area contributed by atoms with Crippen molar-refractivity contribution in [2.45, 2.75) is 31.0 Å². The van der Waals surface area contributed by atoms with Crippen molar-refractivity contribution < 1.29 is 17.6 Å². The summed E-state index contributed by atoms with van der Waals surface area (Å²) in [6.07, 6.45) is 1.05. The lowest BCUT2D eigenvalue weighted by atomic mass is 10.0. The number of nitrogens with one attached hydrogen (secondary N) is 1. The average molecular weight is 274 g/mol. The maximum Gasteiger partial charge on any atom is 0.271 e. The Morgan fingerprint density at radius 2 is 2.33 bits per heavy atom. The van der Waals surface area contributed by atoms with E-state index < -0.39 is 10.0 Å². The number of hydrogen-bond donors (Lipinski definition) is 2. The number of ether oxygens (including phenoxy) is 1. The third kappa shape index (κ3) is 3.32. The first kappa shape index (κ1) is 13.5. The lowest BCUT2D eigenvalue weighted by Crippen LogP contribution is -2.33. The van der Waals surface area contributed by atoms with Crippen molar-refractivity contribution in [1.82, 2.24) is 5.32 Å². The molecule has 6 nitrogen and oxygen atoms in total. The van der Waals surface area contributed by atoms with Gasteiger partial charge in [0.15, 0.2) is 0 Å². The molecule has 2 unspecified atom stereocenters. The number of sulfonamides is 1. The van der Waals surface area contributed by atoms with E-state index in [1.54, 1.807) is 6.07 Å². The van der Waals surface area contributed by atoms with Crippen LogP contribution in [0.2, 0.25) is 0 Å². The average Bonchev–Trinajstić information content (AvgIpc) is 2.96. The molecule has 2 atom stereocenters. The molecule has 1 fully saturated rings. The van der Waals surface area contributed by atoms with Crippen LogP contribution in [0.4, 0.5) is 0 Å². The highest BCUT2D eigenvalue weighted by Crippen LogP contribution is 2.17. The van der Waals surface area contributed by atoms with Crippen LogP contribution in [-0.4, -0.2) is 27.7 Å². The van der Waals surface area contributed by atoms with Crippen LogP contribution in [0.3, 0.4) is 0 Å². The normalized spacial score (nSPS) is 22.2. The summed E-state index contributed by atoms with van der Waals surface area (Å²) in [5.41, 5.74) is 0. The van der Waals surface area contributed by atoms with Gasteiger partial charge in [-0.3, -0.25) is 0 Å². The molecule has 1 aliphatic heterocycles. The van der Waals surface area contributed by atoms with Gasteiger partial charge in [0.25, 0.3) is 10.0 Å². The van der Waals surface area contributed by atoms with Gasteiger partial charge in [-0.05, 0) is 31.4 Å². The fourth-order valence-corrected chi connectivity index (χ4v) is 2.46. The molecule has 0 saturated carbocycles. The number of primary sulfonamides is 1. The Morgan fingerprint density at radius 3 is 2.89 bits per heavy atom. The largest absolute Gasteiger partial charge is 0.447 e. The molecule has 0 bridgehead atoms. The molecular weight excluding hydrogens is 256 g/mol. The van der Waals surface area contributed by atoms with Crippen LogP contribution < -0.4 is 10.5 Å². The minimum absolute atomic E-state index is 0.198. The Kier molecular flexibility index (Phi) is 4.06. The monoisotopic (exact) mass is 274 g/mol. The Hall–Kier alpha value is -0.890. The van der Waals surface area contributed by atoms with Gasteiger partial charge in [0.05, 0.1) is 13.2 Å². The standard InChI is InChI=1S/C11H18N2O4S/c1-8(9-4-5-16-7-9)13-6-10-2-3-11(17-10)18(12,14)15/h2-3,8-9,13H,4-7H2,1H3,(H2,12,14,15). The van der Waals surface area contributed by atoms with Crippen molar-refractivity contribution in [1.29, 1.82) is 0 Å². The van der Waals surface area contributed by atoms with Crippen molar-refractivity contribution in [2.24, 2.45) is 11.1 Å². The summed E-state index contributed by atoms with van der Waals surface area (Å²) < 4.78 is 32.6. The molecule has 1 aromatic rings. The van der Waals surface area contributed by atoms with E-state index in [2.05, 4.69) is 12.2 Å². The zero-order valence-electron chi connectivity index (χ0n) is 10.3. The number of nitrogens with two attached hydrogens (primary N) is 1. The molecular formula is C11H18N2O4S. The highest BCUT2D eigenvalue weighted by atomic mass is 32.2. The van der Waals surface area contributed by atoms with Gasteiger partial charge < -0.3 is 14.5 Å². The van der Waals surface area contributed by atoms with Gasteiger partial charge >= 0.3 is 0 Å². The first-order chi connectivity index (χ1) is 8.47. The van der Waals surface area contributed by atoms with Gasteiger partial charge in [-0.1, -0.05) is 0 Å². The Bertz CT molecular complexity index is 491. The molecule has 0 aliphatic carbocycles. The van der Waals surface area contributed by atoms with Gasteiger partial charge in [0.2, 0.25) is 5.09 Å². The summed E-state index contributed by atoms with van der Waals surface area (Å²) in [6.45, 7) is 4.15. The molecule has 2 rings (SSSR count). The molecule has 102 valence electrons. The lowest BCUT2D eigenvalue weighted by Gasteiger charge is -2.18. The summed E-state index contributed by atoms with van der Waals surface area (Å²) >= 11 is 0. The van der Waals surface area contributed by atoms with E-state index in [0.717, 1.165) is 19.6 Å². The molecule has 0 amide bonds. The number of rotatable bonds is 5. The Balaban J connectivity index is 1.88. The summed E-state index contributed by atoms with van der Waals surface area (Å²) in [5.74, 6) is 1.06. The van der Waals surface area contributed by atoms with Gasteiger partial charge in [0.1, 0.15) is 5.76 Å². The molecule has 18 heavy (non-hydrogen) atoms. The van der Waals surface area contributed by atoms with Crippen LogP contribution in [-0.2, 0) is 21.3 Å². The number of hydrogen-bond acceptors (Lipinski definition) is 5. The topological polar surface area (TPSA) is 94.6 Å². The third-order valence-electron chi connectivity index (χ3n) is 3.19. The molecule has 2 heterocycles. The van der Waals surface area contributed by atoms with Crippen molar-refractivity contribution in [3.8, 4) is 0 Å². The van der Waals surface area contributed by atoms with E-state index in [1.165, 1.54) is 6.07 Å². The van der Waals surface area contributed by atoms with Crippen molar-refractivity contribution >= 4 is 10.0 Å². The first-order valence-electron chi connectivity index (χ1n) is 5.89. The van der Waals surface area contributed by atoms with E-state index in [4.69, 9.17) is 14.3 Å². The predicted molar refractivity (Wildman–Crippen MR) is 65.3 cm³/mol. The van der Waals surface area contributed by atoms with Gasteiger partial charge in [0, 0.05) is 12.6 Å². The molecule has 0 aromatic carbocycles. The Morgan fingerprint density at radius 1 is 1.56 bits per heavy atom. The summed E-state index contributed by atoms with van der Waals surface area (Å²) in [5, 5.41) is 8.07. The highest BCUT2D eigenvalue weighted by molar-refractivity contribution is 7.89. The van der Waals surface area contributed by atoms with Crippen LogP contribution in [0.5, 0.6) is 0 Å². The van der Waals surface area contributed by atoms with Gasteiger partial charge in [-0.25, -0.2) is 13.6 Å². The van der Waals surface area contributed by atoms with Crippen LogP contribution in [0.25, 0.3) is 0 Å². The summed E-state index contributed by atoms with van der Waals surface area (Å²) in [6, 6.07) is 3.29. The van der Waals surface area contributed by atoms with Crippen LogP contribution in [0, 0.1) is 5.92 Å². The molecule has 1 aromatic heterocycles. The highest BCUT2D eigenvalue weighted by Gasteiger charge is 2.22. The maximum atomic E-state index is 11.0. The quantitative estimate of drug-likeness (QED) is 0.812. The molecule has 3 N–H and O–H groups in total. The smallest absolute Gasteiger partial charge is 0.271 e. The molecule has 1 saturated heterocycles. The van der Waals surface area contributed by atoms with E-state index in [-0.39, 0.29) is 5.09 Å². The zero-order valence-corrected chi connectivity index (χ0v) is 11.1. The predicted octanol–water partition coefficient (Wildman–Crippen LogP) is 0.442. The van der Waals surface area contributed by atoms with Crippen molar-refractivity contribution in [3.63, 3.8) is 0 Å². The second-order valence-electron chi connectivity index (χ2n) is 4.56. The maximum absolute atomic E-state index is 11.0. The van der Waals surface area contributed by atoms with Crippen LogP contribution in [0.15, 0.2) is 21.6 Å². The lowest BCUT2D eigenvalue weighted by molar-refractivity contribution is 0.177. The zero-order chi connectivity index (χ0) is 13.2. The third-order valence-corrected chi connectivity index (χ3v) is 3.97. The van der Waals surface area contributed by atoms with E-state index in [0.29, 0.717) is 24.3 Å². The fraction of sp³-hybridized carbons (Fsp3) is 0.636. The molecule has 0 spiro atoms. The molecule has 1 aliphatic rings. The summed E-state index contributed by atoms with van der Waals surface area (Å²) in [7, 11) is -3.75. The number of furan rings is 1. The SMILES string of the molecule is CC(NCc1ccc(S(N)(=O)=O)o1)C1CCOC1. The molecule has 0 radical (unpaired) electrons. The Labute approximate surface area is 107 Å². The molecule has 7 heteroatoms. The second kappa shape index (κ2) is 5.40. The minimum Gasteiger partial charge on any atom is -0.447 e. The van der Waals surface area contributed by atoms with Crippen molar-refractivity contribution in [2.75, 3.05) is 13.2 Å². The minimum atomic E-state index is -3.75. The van der Waals surface area contributed by atoms with Gasteiger partial charge in [-0.2, -0.15) is 0 Å². The van der Waals surface area contributed by atoms with Crippen LogP contribution >= 0.6 is 0 Å². The van der Waals surface area contributed by atoms with E-state index in [1.807, 2.05) is 0 Å². The van der Waals surface area contributed by atoms with E-state index >= 15 is 0 Å². The fourth-order valence-electron chi connectivity index (χ4n) is 1.98. The van der Waals surface area contributed by atoms with Crippen molar-refractivity contribution in [3.05, 3.63) is 17.9 Å². The van der Waals surface area contributed by atoms with Crippen LogP contribution in [0.1, 0.15) is 19.1 Å². The first-order valence-corrected chi connectivity index (χ1v) is 7.44. The van der Waals surface area contributed by atoms with E-state index in [9.17, 15) is 8.42 Å². The summed E-state index contributed by atoms with van der Waals surface area (Å²) in [4.78, 5) is 0.